The Labute approximate surface area is 102 Å². The van der Waals surface area contributed by atoms with Crippen LogP contribution in [0.3, 0.4) is 0 Å². The molecule has 0 aromatic rings. The highest BCUT2D eigenvalue weighted by molar-refractivity contribution is 5.84. The fourth-order valence-electron chi connectivity index (χ4n) is 3.85. The van der Waals surface area contributed by atoms with Crippen LogP contribution in [0.1, 0.15) is 32.1 Å². The van der Waals surface area contributed by atoms with E-state index in [0.29, 0.717) is 18.4 Å². The van der Waals surface area contributed by atoms with Crippen molar-refractivity contribution in [2.75, 3.05) is 19.6 Å². The third-order valence-corrected chi connectivity index (χ3v) is 5.26. The van der Waals surface area contributed by atoms with Crippen LogP contribution < -0.4 is 5.73 Å². The average molecular weight is 238 g/mol. The number of nitrogens with two attached hydrogens (primary N) is 1. The standard InChI is InChI=1S/C13H22N2O2/c14-8-13(4-1-5-13)12(17)15-6-9-2-3-11(16)10(9)7-15/h9-11,16H,1-8,14H2. The highest BCUT2D eigenvalue weighted by atomic mass is 16.3. The monoisotopic (exact) mass is 238 g/mol. The summed E-state index contributed by atoms with van der Waals surface area (Å²) in [6, 6.07) is 0. The highest BCUT2D eigenvalue weighted by Crippen LogP contribution is 2.45. The van der Waals surface area contributed by atoms with Gasteiger partial charge in [-0.3, -0.25) is 4.79 Å². The first-order valence-electron chi connectivity index (χ1n) is 6.84. The van der Waals surface area contributed by atoms with E-state index in [1.165, 1.54) is 0 Å². The Morgan fingerprint density at radius 1 is 1.35 bits per heavy atom. The number of hydrogen-bond donors (Lipinski definition) is 2. The molecule has 0 radical (unpaired) electrons. The van der Waals surface area contributed by atoms with Gasteiger partial charge in [0.15, 0.2) is 0 Å². The lowest BCUT2D eigenvalue weighted by Gasteiger charge is -2.42. The van der Waals surface area contributed by atoms with Gasteiger partial charge in [-0.2, -0.15) is 0 Å². The van der Waals surface area contributed by atoms with Crippen LogP contribution in [0.15, 0.2) is 0 Å². The molecule has 3 rings (SSSR count). The number of carbonyl (C=O) groups excluding carboxylic acids is 1. The number of aliphatic hydroxyl groups excluding tert-OH is 1. The topological polar surface area (TPSA) is 66.6 Å². The zero-order chi connectivity index (χ0) is 12.0. The zero-order valence-corrected chi connectivity index (χ0v) is 10.3. The lowest BCUT2D eigenvalue weighted by atomic mass is 9.68. The van der Waals surface area contributed by atoms with E-state index in [1.54, 1.807) is 0 Å². The first kappa shape index (κ1) is 11.5. The number of fused-ring (bicyclic) bond motifs is 1. The summed E-state index contributed by atoms with van der Waals surface area (Å²) < 4.78 is 0. The number of aliphatic hydroxyl groups is 1. The first-order chi connectivity index (χ1) is 8.16. The van der Waals surface area contributed by atoms with Crippen LogP contribution in [0.4, 0.5) is 0 Å². The van der Waals surface area contributed by atoms with Crippen LogP contribution in [0.5, 0.6) is 0 Å². The molecule has 3 unspecified atom stereocenters. The molecule has 1 aliphatic heterocycles. The van der Waals surface area contributed by atoms with E-state index in [2.05, 4.69) is 0 Å². The SMILES string of the molecule is NCC1(C(=O)N2CC3CCC(O)C3C2)CCC1. The minimum absolute atomic E-state index is 0.187. The molecule has 0 bridgehead atoms. The predicted octanol–water partition coefficient (Wildman–Crippen LogP) is 0.345. The van der Waals surface area contributed by atoms with Gasteiger partial charge in [-0.25, -0.2) is 0 Å². The summed E-state index contributed by atoms with van der Waals surface area (Å²) in [6.07, 6.45) is 4.85. The van der Waals surface area contributed by atoms with Crippen molar-refractivity contribution in [1.82, 2.24) is 4.90 Å². The molecule has 3 N–H and O–H groups in total. The summed E-state index contributed by atoms with van der Waals surface area (Å²) in [5.74, 6) is 1.12. The summed E-state index contributed by atoms with van der Waals surface area (Å²) in [5, 5.41) is 9.87. The first-order valence-corrected chi connectivity index (χ1v) is 6.84. The van der Waals surface area contributed by atoms with Gasteiger partial charge in [-0.05, 0) is 31.6 Å². The molecule has 3 atom stereocenters. The van der Waals surface area contributed by atoms with Crippen molar-refractivity contribution in [3.63, 3.8) is 0 Å². The molecule has 3 fully saturated rings. The summed E-state index contributed by atoms with van der Waals surface area (Å²) >= 11 is 0. The minimum Gasteiger partial charge on any atom is -0.393 e. The summed E-state index contributed by atoms with van der Waals surface area (Å²) in [7, 11) is 0. The van der Waals surface area contributed by atoms with Crippen molar-refractivity contribution < 1.29 is 9.90 Å². The van der Waals surface area contributed by atoms with Crippen LogP contribution >= 0.6 is 0 Å². The molecular weight excluding hydrogens is 216 g/mol. The van der Waals surface area contributed by atoms with Gasteiger partial charge in [0.1, 0.15) is 0 Å². The predicted molar refractivity (Wildman–Crippen MR) is 64.1 cm³/mol. The van der Waals surface area contributed by atoms with E-state index in [1.807, 2.05) is 4.90 Å². The quantitative estimate of drug-likeness (QED) is 0.729. The van der Waals surface area contributed by atoms with Crippen molar-refractivity contribution in [3.8, 4) is 0 Å². The fraction of sp³-hybridized carbons (Fsp3) is 0.923. The van der Waals surface area contributed by atoms with E-state index in [0.717, 1.165) is 45.2 Å². The molecule has 2 saturated carbocycles. The number of nitrogens with zero attached hydrogens (tertiary/aromatic N) is 1. The number of carbonyl (C=O) groups is 1. The second-order valence-corrected chi connectivity index (χ2v) is 6.12. The van der Waals surface area contributed by atoms with Crippen LogP contribution in [0, 0.1) is 17.3 Å². The van der Waals surface area contributed by atoms with Gasteiger partial charge in [0.25, 0.3) is 0 Å². The third kappa shape index (κ3) is 1.61. The number of rotatable bonds is 2. The molecular formula is C13H22N2O2. The molecule has 4 nitrogen and oxygen atoms in total. The Morgan fingerprint density at radius 3 is 2.65 bits per heavy atom. The van der Waals surface area contributed by atoms with Crippen molar-refractivity contribution in [2.24, 2.45) is 23.0 Å². The molecule has 1 amide bonds. The molecule has 3 aliphatic rings. The second kappa shape index (κ2) is 3.95. The smallest absolute Gasteiger partial charge is 0.230 e. The Balaban J connectivity index is 1.69. The Hall–Kier alpha value is -0.610. The summed E-state index contributed by atoms with van der Waals surface area (Å²) in [5.41, 5.74) is 5.54. The van der Waals surface area contributed by atoms with Crippen molar-refractivity contribution in [3.05, 3.63) is 0 Å². The molecule has 1 heterocycles. The maximum absolute atomic E-state index is 12.5. The van der Waals surface area contributed by atoms with Crippen molar-refractivity contribution in [1.29, 1.82) is 0 Å². The van der Waals surface area contributed by atoms with E-state index >= 15 is 0 Å². The molecule has 0 spiro atoms. The second-order valence-electron chi connectivity index (χ2n) is 6.12. The molecule has 2 aliphatic carbocycles. The number of likely N-dealkylation sites (tertiary alicyclic amines) is 1. The Bertz CT molecular complexity index is 322. The van der Waals surface area contributed by atoms with Crippen molar-refractivity contribution in [2.45, 2.75) is 38.2 Å². The fourth-order valence-corrected chi connectivity index (χ4v) is 3.85. The molecule has 4 heteroatoms. The molecule has 96 valence electrons. The highest BCUT2D eigenvalue weighted by Gasteiger charge is 2.50. The van der Waals surface area contributed by atoms with Gasteiger partial charge < -0.3 is 15.7 Å². The average Bonchev–Trinajstić information content (AvgIpc) is 2.80. The zero-order valence-electron chi connectivity index (χ0n) is 10.3. The molecule has 0 aromatic heterocycles. The lowest BCUT2D eigenvalue weighted by molar-refractivity contribution is -0.146. The maximum Gasteiger partial charge on any atom is 0.230 e. The van der Waals surface area contributed by atoms with Crippen LogP contribution in [0.25, 0.3) is 0 Å². The van der Waals surface area contributed by atoms with E-state index in [9.17, 15) is 9.90 Å². The van der Waals surface area contributed by atoms with Crippen LogP contribution in [-0.4, -0.2) is 41.7 Å². The lowest BCUT2D eigenvalue weighted by Crippen LogP contribution is -2.51. The van der Waals surface area contributed by atoms with E-state index < -0.39 is 0 Å². The van der Waals surface area contributed by atoms with Gasteiger partial charge >= 0.3 is 0 Å². The number of amides is 1. The largest absolute Gasteiger partial charge is 0.393 e. The number of hydrogen-bond acceptors (Lipinski definition) is 3. The van der Waals surface area contributed by atoms with Gasteiger partial charge in [0.2, 0.25) is 5.91 Å². The van der Waals surface area contributed by atoms with Crippen LogP contribution in [0.2, 0.25) is 0 Å². The van der Waals surface area contributed by atoms with E-state index in [-0.39, 0.29) is 17.4 Å². The molecule has 1 saturated heterocycles. The Kier molecular flexibility index (Phi) is 2.67. The van der Waals surface area contributed by atoms with Crippen molar-refractivity contribution >= 4 is 5.91 Å². The molecule has 17 heavy (non-hydrogen) atoms. The maximum atomic E-state index is 12.5. The Morgan fingerprint density at radius 2 is 2.12 bits per heavy atom. The summed E-state index contributed by atoms with van der Waals surface area (Å²) in [4.78, 5) is 14.5. The summed E-state index contributed by atoms with van der Waals surface area (Å²) in [6.45, 7) is 2.09. The third-order valence-electron chi connectivity index (χ3n) is 5.26. The van der Waals surface area contributed by atoms with Gasteiger partial charge in [-0.15, -0.1) is 0 Å². The van der Waals surface area contributed by atoms with Crippen LogP contribution in [-0.2, 0) is 4.79 Å². The van der Waals surface area contributed by atoms with Gasteiger partial charge in [0, 0.05) is 25.6 Å². The van der Waals surface area contributed by atoms with Gasteiger partial charge in [-0.1, -0.05) is 6.42 Å². The normalized spacial score (nSPS) is 38.9. The molecule has 0 aromatic carbocycles. The van der Waals surface area contributed by atoms with Gasteiger partial charge in [0.05, 0.1) is 11.5 Å². The van der Waals surface area contributed by atoms with E-state index in [4.69, 9.17) is 5.73 Å². The minimum atomic E-state index is -0.246.